The number of aliphatic imine (C=N–C) groups is 1. The van der Waals surface area contributed by atoms with Gasteiger partial charge >= 0.3 is 0 Å². The van der Waals surface area contributed by atoms with Crippen LogP contribution in [0, 0.1) is 5.82 Å². The molecule has 2 aliphatic heterocycles. The van der Waals surface area contributed by atoms with Crippen molar-refractivity contribution in [3.8, 4) is 5.75 Å². The Morgan fingerprint density at radius 2 is 1.94 bits per heavy atom. The first-order valence-electron chi connectivity index (χ1n) is 10.7. The summed E-state index contributed by atoms with van der Waals surface area (Å²) in [6.45, 7) is 1.50. The highest BCUT2D eigenvalue weighted by atomic mass is 19.1. The predicted molar refractivity (Wildman–Crippen MR) is 123 cm³/mol. The molecule has 2 heterocycles. The summed E-state index contributed by atoms with van der Waals surface area (Å²) in [5, 5.41) is 2.82. The van der Waals surface area contributed by atoms with Crippen molar-refractivity contribution in [2.24, 2.45) is 4.99 Å². The molecule has 0 saturated heterocycles. The fraction of sp³-hybridized carbons (Fsp3) is 0.231. The Morgan fingerprint density at radius 1 is 1.12 bits per heavy atom. The molecule has 5 rings (SSSR count). The second kappa shape index (κ2) is 8.20. The van der Waals surface area contributed by atoms with Crippen LogP contribution in [-0.2, 0) is 17.8 Å². The van der Waals surface area contributed by atoms with Gasteiger partial charge in [-0.25, -0.2) is 4.39 Å². The Bertz CT molecular complexity index is 1220. The topological polar surface area (TPSA) is 53.9 Å². The van der Waals surface area contributed by atoms with E-state index in [-0.39, 0.29) is 11.7 Å². The number of benzene rings is 3. The number of rotatable bonds is 5. The summed E-state index contributed by atoms with van der Waals surface area (Å²) < 4.78 is 19.4. The maximum Gasteiger partial charge on any atom is 0.238 e. The van der Waals surface area contributed by atoms with Crippen LogP contribution in [0.4, 0.5) is 15.8 Å². The molecule has 1 N–H and O–H groups in total. The largest absolute Gasteiger partial charge is 0.493 e. The second-order valence-electron chi connectivity index (χ2n) is 8.48. The number of amides is 1. The second-order valence-corrected chi connectivity index (χ2v) is 8.48. The van der Waals surface area contributed by atoms with Crippen molar-refractivity contribution in [3.63, 3.8) is 0 Å². The lowest BCUT2D eigenvalue weighted by atomic mass is 9.89. The quantitative estimate of drug-likeness (QED) is 0.600. The van der Waals surface area contributed by atoms with E-state index in [9.17, 15) is 9.18 Å². The molecular formula is C26H24FN3O2. The summed E-state index contributed by atoms with van der Waals surface area (Å²) in [4.78, 5) is 20.1. The van der Waals surface area contributed by atoms with Crippen LogP contribution in [0.3, 0.4) is 0 Å². The molecule has 32 heavy (non-hydrogen) atoms. The highest BCUT2D eigenvalue weighted by molar-refractivity contribution is 6.24. The molecule has 0 spiro atoms. The molecule has 0 aromatic heterocycles. The lowest BCUT2D eigenvalue weighted by molar-refractivity contribution is -0.115. The van der Waals surface area contributed by atoms with Crippen molar-refractivity contribution in [1.82, 2.24) is 4.90 Å². The molecule has 3 aromatic rings. The zero-order valence-corrected chi connectivity index (χ0v) is 18.1. The first-order valence-corrected chi connectivity index (χ1v) is 10.7. The Balaban J connectivity index is 1.60. The van der Waals surface area contributed by atoms with Gasteiger partial charge in [-0.2, -0.15) is 0 Å². The van der Waals surface area contributed by atoms with Crippen molar-refractivity contribution in [2.75, 3.05) is 26.0 Å². The first-order chi connectivity index (χ1) is 15.5. The Hall–Kier alpha value is -3.51. The lowest BCUT2D eigenvalue weighted by Gasteiger charge is -2.15. The number of halogens is 1. The Labute approximate surface area is 186 Å². The summed E-state index contributed by atoms with van der Waals surface area (Å²) in [5.41, 5.74) is 5.79. The van der Waals surface area contributed by atoms with Crippen LogP contribution in [0.2, 0.25) is 0 Å². The molecule has 0 bridgehead atoms. The summed E-state index contributed by atoms with van der Waals surface area (Å²) >= 11 is 0. The fourth-order valence-electron chi connectivity index (χ4n) is 4.33. The SMILES string of the molecule is CN(C)Cc1ccc(N=C(c2ccc3c(c2)CCO3)C2C(=O)Nc3cc(F)ccc32)cc1. The molecule has 0 radical (unpaired) electrons. The molecule has 0 fully saturated rings. The third-order valence-corrected chi connectivity index (χ3v) is 5.79. The van der Waals surface area contributed by atoms with Gasteiger partial charge in [0.2, 0.25) is 5.91 Å². The summed E-state index contributed by atoms with van der Waals surface area (Å²) in [6, 6.07) is 18.4. The highest BCUT2D eigenvalue weighted by Crippen LogP contribution is 2.38. The van der Waals surface area contributed by atoms with Crippen LogP contribution in [0.5, 0.6) is 5.75 Å². The van der Waals surface area contributed by atoms with Gasteiger partial charge in [0.25, 0.3) is 0 Å². The lowest BCUT2D eigenvalue weighted by Crippen LogP contribution is -2.22. The smallest absolute Gasteiger partial charge is 0.238 e. The molecule has 1 amide bonds. The molecule has 3 aromatic carbocycles. The number of nitrogens with one attached hydrogen (secondary N) is 1. The minimum Gasteiger partial charge on any atom is -0.493 e. The van der Waals surface area contributed by atoms with Crippen LogP contribution in [0.1, 0.15) is 28.2 Å². The van der Waals surface area contributed by atoms with E-state index < -0.39 is 5.92 Å². The van der Waals surface area contributed by atoms with E-state index in [1.165, 1.54) is 17.7 Å². The molecular weight excluding hydrogens is 405 g/mol. The zero-order chi connectivity index (χ0) is 22.2. The standard InChI is InChI=1S/C26H24FN3O2/c1-30(2)15-16-3-7-20(8-4-16)28-25(18-5-10-23-17(13-18)11-12-32-23)24-21-9-6-19(27)14-22(21)29-26(24)31/h3-10,13-14,24H,11-12,15H2,1-2H3,(H,29,31). The number of carbonyl (C=O) groups is 1. The minimum atomic E-state index is -0.618. The zero-order valence-electron chi connectivity index (χ0n) is 18.1. The van der Waals surface area contributed by atoms with Crippen LogP contribution < -0.4 is 10.1 Å². The van der Waals surface area contributed by atoms with E-state index in [1.807, 2.05) is 50.5 Å². The van der Waals surface area contributed by atoms with E-state index in [0.717, 1.165) is 41.1 Å². The monoisotopic (exact) mass is 429 g/mol. The van der Waals surface area contributed by atoms with Gasteiger partial charge in [0, 0.05) is 18.7 Å². The van der Waals surface area contributed by atoms with Crippen molar-refractivity contribution in [2.45, 2.75) is 18.9 Å². The third-order valence-electron chi connectivity index (χ3n) is 5.79. The van der Waals surface area contributed by atoms with E-state index in [4.69, 9.17) is 9.73 Å². The van der Waals surface area contributed by atoms with Crippen molar-refractivity contribution < 1.29 is 13.9 Å². The predicted octanol–water partition coefficient (Wildman–Crippen LogP) is 4.68. The molecule has 6 heteroatoms. The minimum absolute atomic E-state index is 0.203. The van der Waals surface area contributed by atoms with Crippen LogP contribution in [0.15, 0.2) is 65.7 Å². The van der Waals surface area contributed by atoms with E-state index in [2.05, 4.69) is 16.3 Å². The van der Waals surface area contributed by atoms with Crippen LogP contribution >= 0.6 is 0 Å². The molecule has 1 unspecified atom stereocenters. The number of fused-ring (bicyclic) bond motifs is 2. The van der Waals surface area contributed by atoms with E-state index in [1.54, 1.807) is 6.07 Å². The van der Waals surface area contributed by atoms with Crippen molar-refractivity contribution >= 4 is 23.0 Å². The number of anilines is 1. The van der Waals surface area contributed by atoms with Gasteiger partial charge in [-0.1, -0.05) is 18.2 Å². The summed E-state index contributed by atoms with van der Waals surface area (Å²) in [6.07, 6.45) is 0.828. The number of carbonyl (C=O) groups excluding carboxylic acids is 1. The number of hydrogen-bond donors (Lipinski definition) is 1. The average molecular weight is 429 g/mol. The number of hydrogen-bond acceptors (Lipinski definition) is 4. The molecule has 1 atom stereocenters. The van der Waals surface area contributed by atoms with Gasteiger partial charge in [-0.05, 0) is 78.8 Å². The number of nitrogens with zero attached hydrogens (tertiary/aromatic N) is 2. The first kappa shape index (κ1) is 20.4. The van der Waals surface area contributed by atoms with E-state index >= 15 is 0 Å². The third kappa shape index (κ3) is 3.89. The van der Waals surface area contributed by atoms with Crippen molar-refractivity contribution in [1.29, 1.82) is 0 Å². The van der Waals surface area contributed by atoms with Gasteiger partial charge < -0.3 is 15.0 Å². The Kier molecular flexibility index (Phi) is 5.23. The fourth-order valence-corrected chi connectivity index (χ4v) is 4.33. The van der Waals surface area contributed by atoms with E-state index in [0.29, 0.717) is 18.0 Å². The van der Waals surface area contributed by atoms with Crippen LogP contribution in [0.25, 0.3) is 0 Å². The van der Waals surface area contributed by atoms with Gasteiger partial charge in [0.05, 0.1) is 18.0 Å². The highest BCUT2D eigenvalue weighted by Gasteiger charge is 2.36. The molecule has 0 aliphatic carbocycles. The Morgan fingerprint density at radius 3 is 2.72 bits per heavy atom. The van der Waals surface area contributed by atoms with Gasteiger partial charge in [0.15, 0.2) is 0 Å². The summed E-state index contributed by atoms with van der Waals surface area (Å²) in [7, 11) is 4.06. The van der Waals surface area contributed by atoms with Gasteiger partial charge in [-0.3, -0.25) is 9.79 Å². The maximum atomic E-state index is 13.8. The molecule has 0 saturated carbocycles. The van der Waals surface area contributed by atoms with Crippen molar-refractivity contribution in [3.05, 3.63) is 88.7 Å². The maximum absolute atomic E-state index is 13.8. The van der Waals surface area contributed by atoms with Crippen LogP contribution in [-0.4, -0.2) is 37.2 Å². The normalized spacial score (nSPS) is 17.2. The summed E-state index contributed by atoms with van der Waals surface area (Å²) in [5.74, 6) is -0.327. The molecule has 5 nitrogen and oxygen atoms in total. The molecule has 162 valence electrons. The van der Waals surface area contributed by atoms with Gasteiger partial charge in [0.1, 0.15) is 17.5 Å². The molecule has 2 aliphatic rings. The average Bonchev–Trinajstić information content (AvgIpc) is 3.35. The number of ether oxygens (including phenoxy) is 1. The van der Waals surface area contributed by atoms with Gasteiger partial charge in [-0.15, -0.1) is 0 Å².